The maximum absolute atomic E-state index is 13.1. The lowest BCUT2D eigenvalue weighted by molar-refractivity contribution is 0.0990. The maximum atomic E-state index is 13.1. The Balaban J connectivity index is 1.63. The van der Waals surface area contributed by atoms with Crippen LogP contribution in [-0.4, -0.2) is 27.0 Å². The number of carbonyl (C=O) groups is 1. The van der Waals surface area contributed by atoms with Crippen LogP contribution in [0.5, 0.6) is 0 Å². The zero-order chi connectivity index (χ0) is 18.8. The van der Waals surface area contributed by atoms with E-state index in [4.69, 9.17) is 11.6 Å². The van der Waals surface area contributed by atoms with Crippen LogP contribution in [-0.2, 0) is 6.54 Å². The Hall–Kier alpha value is -1.74. The van der Waals surface area contributed by atoms with Crippen molar-refractivity contribution >= 4 is 71.5 Å². The Morgan fingerprint density at radius 3 is 2.85 bits per heavy atom. The number of rotatable bonds is 6. The normalized spacial score (nSPS) is 11.2. The smallest absolute Gasteiger partial charge is 0.270 e. The van der Waals surface area contributed by atoms with E-state index in [0.717, 1.165) is 27.0 Å². The Kier molecular flexibility index (Phi) is 5.58. The molecule has 0 fully saturated rings. The summed E-state index contributed by atoms with van der Waals surface area (Å²) < 4.78 is 3.90. The molecule has 5 nitrogen and oxygen atoms in total. The van der Waals surface area contributed by atoms with Gasteiger partial charge in [-0.15, -0.1) is 11.3 Å². The van der Waals surface area contributed by atoms with E-state index >= 15 is 0 Å². The zero-order valence-corrected chi connectivity index (χ0v) is 18.0. The highest BCUT2D eigenvalue weighted by atomic mass is 79.9. The summed E-state index contributed by atoms with van der Waals surface area (Å²) in [5.41, 5.74) is 0.735. The van der Waals surface area contributed by atoms with Gasteiger partial charge in [0, 0.05) is 25.5 Å². The van der Waals surface area contributed by atoms with Crippen molar-refractivity contribution in [3.05, 3.63) is 62.7 Å². The molecule has 0 unspecified atom stereocenters. The summed E-state index contributed by atoms with van der Waals surface area (Å²) in [6.07, 6.45) is 6.24. The monoisotopic (exact) mass is 480 g/mol. The van der Waals surface area contributed by atoms with E-state index in [9.17, 15) is 4.79 Å². The highest BCUT2D eigenvalue weighted by molar-refractivity contribution is 9.11. The number of benzene rings is 1. The van der Waals surface area contributed by atoms with Crippen molar-refractivity contribution < 1.29 is 4.79 Å². The molecule has 0 saturated carbocycles. The van der Waals surface area contributed by atoms with Gasteiger partial charge in [0.05, 0.1) is 24.7 Å². The molecule has 4 rings (SSSR count). The van der Waals surface area contributed by atoms with Crippen molar-refractivity contribution in [2.75, 3.05) is 11.4 Å². The summed E-state index contributed by atoms with van der Waals surface area (Å²) in [4.78, 5) is 24.3. The van der Waals surface area contributed by atoms with Gasteiger partial charge in [0.25, 0.3) is 5.91 Å². The number of aromatic nitrogens is 3. The summed E-state index contributed by atoms with van der Waals surface area (Å²) in [7, 11) is 0. The molecule has 138 valence electrons. The molecule has 0 spiro atoms. The molecule has 0 aliphatic heterocycles. The van der Waals surface area contributed by atoms with Crippen LogP contribution >= 0.6 is 50.2 Å². The van der Waals surface area contributed by atoms with E-state index in [1.54, 1.807) is 17.4 Å². The van der Waals surface area contributed by atoms with Crippen LogP contribution in [0.3, 0.4) is 0 Å². The Bertz CT molecular complexity index is 1080. The number of thiophene rings is 1. The minimum absolute atomic E-state index is 0.0495. The molecule has 1 aromatic carbocycles. The Morgan fingerprint density at radius 2 is 2.15 bits per heavy atom. The van der Waals surface area contributed by atoms with E-state index in [0.29, 0.717) is 21.6 Å². The summed E-state index contributed by atoms with van der Waals surface area (Å²) >= 11 is 12.6. The fraction of sp³-hybridized carbons (Fsp3) is 0.167. The number of halogens is 2. The topological polar surface area (TPSA) is 51.0 Å². The quantitative estimate of drug-likeness (QED) is 0.354. The van der Waals surface area contributed by atoms with E-state index in [1.807, 2.05) is 41.1 Å². The molecular weight excluding hydrogens is 468 g/mol. The Labute approximate surface area is 177 Å². The minimum Gasteiger partial charge on any atom is -0.337 e. The molecule has 0 aliphatic rings. The molecular formula is C18H14BrClN4OS2. The molecule has 9 heteroatoms. The van der Waals surface area contributed by atoms with Crippen LogP contribution in [0.4, 0.5) is 5.13 Å². The lowest BCUT2D eigenvalue weighted by atomic mass is 10.3. The van der Waals surface area contributed by atoms with Gasteiger partial charge in [-0.2, -0.15) is 0 Å². The number of carbonyl (C=O) groups excluding carboxylic acids is 1. The van der Waals surface area contributed by atoms with Gasteiger partial charge in [0.2, 0.25) is 0 Å². The molecule has 1 amide bonds. The molecule has 4 aromatic rings. The average Bonchev–Trinajstić information content (AvgIpc) is 3.39. The number of hydrogen-bond acceptors (Lipinski definition) is 5. The van der Waals surface area contributed by atoms with Crippen molar-refractivity contribution in [2.45, 2.75) is 13.0 Å². The first kappa shape index (κ1) is 18.6. The first-order valence-corrected chi connectivity index (χ1v) is 11.0. The number of para-hydroxylation sites is 1. The molecule has 0 bridgehead atoms. The molecule has 0 N–H and O–H groups in total. The van der Waals surface area contributed by atoms with Crippen molar-refractivity contribution in [1.82, 2.24) is 14.5 Å². The van der Waals surface area contributed by atoms with E-state index in [-0.39, 0.29) is 5.91 Å². The Morgan fingerprint density at radius 1 is 1.26 bits per heavy atom. The lowest BCUT2D eigenvalue weighted by Gasteiger charge is -2.19. The van der Waals surface area contributed by atoms with Crippen LogP contribution in [0, 0.1) is 0 Å². The van der Waals surface area contributed by atoms with Gasteiger partial charge in [0.15, 0.2) is 5.13 Å². The summed E-state index contributed by atoms with van der Waals surface area (Å²) in [6.45, 7) is 1.34. The van der Waals surface area contributed by atoms with Crippen molar-refractivity contribution in [1.29, 1.82) is 0 Å². The van der Waals surface area contributed by atoms with Crippen LogP contribution in [0.15, 0.2) is 52.8 Å². The van der Waals surface area contributed by atoms with Crippen molar-refractivity contribution in [3.63, 3.8) is 0 Å². The van der Waals surface area contributed by atoms with Gasteiger partial charge in [-0.3, -0.25) is 9.69 Å². The molecule has 27 heavy (non-hydrogen) atoms. The number of aryl methyl sites for hydroxylation is 1. The van der Waals surface area contributed by atoms with Crippen LogP contribution in [0.25, 0.3) is 10.2 Å². The number of hydrogen-bond donors (Lipinski definition) is 0. The van der Waals surface area contributed by atoms with Gasteiger partial charge < -0.3 is 4.57 Å². The second kappa shape index (κ2) is 8.10. The SMILES string of the molecule is O=C(c1ccc(Br)s1)N(CCCn1ccnc1)c1nc2c(Cl)cccc2s1. The molecule has 0 aliphatic carbocycles. The third-order valence-corrected chi connectivity index (χ3v) is 6.94. The van der Waals surface area contributed by atoms with E-state index in [2.05, 4.69) is 25.9 Å². The van der Waals surface area contributed by atoms with E-state index < -0.39 is 0 Å². The third kappa shape index (κ3) is 4.08. The number of thiazole rings is 1. The minimum atomic E-state index is -0.0495. The van der Waals surface area contributed by atoms with E-state index in [1.165, 1.54) is 22.7 Å². The van der Waals surface area contributed by atoms with Gasteiger partial charge in [-0.05, 0) is 46.6 Å². The predicted molar refractivity (Wildman–Crippen MR) is 115 cm³/mol. The fourth-order valence-corrected chi connectivity index (χ4v) is 5.32. The predicted octanol–water partition coefficient (Wildman–Crippen LogP) is 5.71. The maximum Gasteiger partial charge on any atom is 0.270 e. The fourth-order valence-electron chi connectivity index (χ4n) is 2.70. The van der Waals surface area contributed by atoms with Crippen LogP contribution in [0.2, 0.25) is 5.02 Å². The van der Waals surface area contributed by atoms with Gasteiger partial charge in [-0.1, -0.05) is 29.0 Å². The molecule has 0 radical (unpaired) electrons. The first-order chi connectivity index (χ1) is 13.1. The zero-order valence-electron chi connectivity index (χ0n) is 14.0. The average molecular weight is 482 g/mol. The molecule has 3 heterocycles. The third-order valence-electron chi connectivity index (χ3n) is 3.98. The molecule has 3 aromatic heterocycles. The number of nitrogens with zero attached hydrogens (tertiary/aromatic N) is 4. The highest BCUT2D eigenvalue weighted by Crippen LogP contribution is 2.34. The standard InChI is InChI=1S/C18H14BrClN4OS2/c19-15-6-5-14(26-15)17(25)24(9-2-8-23-10-7-21-11-23)18-22-16-12(20)3-1-4-13(16)27-18/h1,3-7,10-11H,2,8-9H2. The van der Waals surface area contributed by atoms with Crippen LogP contribution in [0.1, 0.15) is 16.1 Å². The number of imidazole rings is 1. The second-order valence-corrected chi connectivity index (χ2v) is 9.68. The number of fused-ring (bicyclic) bond motifs is 1. The highest BCUT2D eigenvalue weighted by Gasteiger charge is 2.23. The molecule has 0 atom stereocenters. The second-order valence-electron chi connectivity index (χ2n) is 5.80. The first-order valence-electron chi connectivity index (χ1n) is 8.20. The van der Waals surface area contributed by atoms with Crippen LogP contribution < -0.4 is 4.90 Å². The van der Waals surface area contributed by atoms with Gasteiger partial charge in [-0.25, -0.2) is 9.97 Å². The van der Waals surface area contributed by atoms with Gasteiger partial charge in [0.1, 0.15) is 5.52 Å². The lowest BCUT2D eigenvalue weighted by Crippen LogP contribution is -2.31. The van der Waals surface area contributed by atoms with Gasteiger partial charge >= 0.3 is 0 Å². The molecule has 0 saturated heterocycles. The number of amides is 1. The van der Waals surface area contributed by atoms with Crippen molar-refractivity contribution in [2.24, 2.45) is 0 Å². The number of anilines is 1. The van der Waals surface area contributed by atoms with Crippen molar-refractivity contribution in [3.8, 4) is 0 Å². The largest absolute Gasteiger partial charge is 0.337 e. The summed E-state index contributed by atoms with van der Waals surface area (Å²) in [5.74, 6) is -0.0495. The summed E-state index contributed by atoms with van der Waals surface area (Å²) in [5, 5.41) is 1.26. The summed E-state index contributed by atoms with van der Waals surface area (Å²) in [6, 6.07) is 9.40.